The van der Waals surface area contributed by atoms with Gasteiger partial charge in [0.05, 0.1) is 5.56 Å². The summed E-state index contributed by atoms with van der Waals surface area (Å²) in [5.41, 5.74) is 3.31. The lowest BCUT2D eigenvalue weighted by Crippen LogP contribution is -2.65. The lowest BCUT2D eigenvalue weighted by Gasteiger charge is -2.59. The van der Waals surface area contributed by atoms with Gasteiger partial charge >= 0.3 is 0 Å². The van der Waals surface area contributed by atoms with E-state index < -0.39 is 5.82 Å². The van der Waals surface area contributed by atoms with Crippen molar-refractivity contribution in [1.29, 1.82) is 5.26 Å². The largest absolute Gasteiger partial charge is 0.490 e. The Morgan fingerprint density at radius 3 is 2.56 bits per heavy atom. The van der Waals surface area contributed by atoms with Crippen LogP contribution in [0.5, 0.6) is 17.4 Å². The highest BCUT2D eigenvalue weighted by Crippen LogP contribution is 2.52. The first kappa shape index (κ1) is 29.2. The Morgan fingerprint density at radius 2 is 1.86 bits per heavy atom. The molecule has 0 unspecified atom stereocenters. The Bertz CT molecular complexity index is 1590. The summed E-state index contributed by atoms with van der Waals surface area (Å²) in [4.78, 5) is 17.3. The van der Waals surface area contributed by atoms with Crippen molar-refractivity contribution >= 4 is 29.9 Å². The van der Waals surface area contributed by atoms with E-state index in [2.05, 4.69) is 27.1 Å². The van der Waals surface area contributed by atoms with E-state index in [1.807, 2.05) is 39.8 Å². The number of anilines is 1. The van der Waals surface area contributed by atoms with Crippen LogP contribution in [0.15, 0.2) is 42.5 Å². The molecule has 222 valence electrons. The number of carbonyl (C=O) groups is 1. The molecule has 0 radical (unpaired) electrons. The Morgan fingerprint density at radius 1 is 1.12 bits per heavy atom. The third-order valence-electron chi connectivity index (χ3n) is 8.77. The molecule has 1 aromatic heterocycles. The van der Waals surface area contributed by atoms with Crippen molar-refractivity contribution in [2.24, 2.45) is 5.41 Å². The van der Waals surface area contributed by atoms with E-state index in [0.717, 1.165) is 44.3 Å². The monoisotopic (exact) mass is 601 g/mol. The average molecular weight is 602 g/mol. The molecule has 43 heavy (non-hydrogen) atoms. The fourth-order valence-electron chi connectivity index (χ4n) is 6.89. The van der Waals surface area contributed by atoms with Crippen LogP contribution >= 0.6 is 11.6 Å². The second-order valence-electron chi connectivity index (χ2n) is 12.6. The van der Waals surface area contributed by atoms with Gasteiger partial charge in [0.2, 0.25) is 0 Å². The molecule has 1 aliphatic carbocycles. The number of aromatic nitrogens is 2. The molecule has 2 aromatic carbocycles. The molecule has 2 aliphatic heterocycles. The molecule has 11 heteroatoms. The predicted octanol–water partition coefficient (Wildman–Crippen LogP) is 6.10. The molecule has 8 nitrogen and oxygen atoms in total. The minimum Gasteiger partial charge on any atom is -0.490 e. The van der Waals surface area contributed by atoms with Gasteiger partial charge in [-0.25, -0.2) is 9.65 Å². The Hall–Kier alpha value is -3.84. The van der Waals surface area contributed by atoms with E-state index in [1.54, 1.807) is 11.0 Å². The van der Waals surface area contributed by atoms with E-state index >= 15 is 0 Å². The normalized spacial score (nSPS) is 17.0. The number of fused-ring (bicyclic) bond motifs is 1. The summed E-state index contributed by atoms with van der Waals surface area (Å²) in [5, 5.41) is 17.8. The van der Waals surface area contributed by atoms with E-state index in [-0.39, 0.29) is 58.6 Å². The molecule has 3 aromatic rings. The number of ether oxygens (including phenoxy) is 2. The summed E-state index contributed by atoms with van der Waals surface area (Å²) in [6.45, 7) is 9.27. The third kappa shape index (κ3) is 5.63. The van der Waals surface area contributed by atoms with Crippen LogP contribution in [0.4, 0.5) is 10.1 Å². The summed E-state index contributed by atoms with van der Waals surface area (Å²) >= 11 is 6.25. The van der Waals surface area contributed by atoms with Crippen molar-refractivity contribution < 1.29 is 18.7 Å². The maximum atomic E-state index is 14.3. The van der Waals surface area contributed by atoms with E-state index in [4.69, 9.17) is 21.1 Å². The van der Waals surface area contributed by atoms with Gasteiger partial charge in [0.25, 0.3) is 18.5 Å². The molecule has 1 saturated heterocycles. The number of hydrogen-bond donors (Lipinski definition) is 0. The Kier molecular flexibility index (Phi) is 7.72. The topological polar surface area (TPSA) is 91.6 Å². The van der Waals surface area contributed by atoms with Gasteiger partial charge in [0.15, 0.2) is 5.15 Å². The number of carbonyl (C=O) groups excluding carboxylic acids is 1. The van der Waals surface area contributed by atoms with Crippen molar-refractivity contribution in [1.82, 2.24) is 15.1 Å². The highest BCUT2D eigenvalue weighted by atomic mass is 35.5. The van der Waals surface area contributed by atoms with E-state index in [0.29, 0.717) is 5.69 Å². The standard InChI is InChI=1S/C32H34BClFN5O3/c1-19(2)40(20(3)4)31(41)24-10-22(35)8-9-28(24)43-30-26(11-29(34)37-38-30)39-16-32(17-39)12-23(13-32)42-27-7-5-6-21-14-33(18-36)15-25(21)27/h5-11,19-20,23H,12-17H2,1-4H3. The lowest BCUT2D eigenvalue weighted by atomic mass is 9.49. The van der Waals surface area contributed by atoms with E-state index in [9.17, 15) is 14.4 Å². The minimum absolute atomic E-state index is 0.0262. The molecule has 3 aliphatic rings. The Labute approximate surface area is 256 Å². The van der Waals surface area contributed by atoms with Crippen LogP contribution in [-0.4, -0.2) is 59.0 Å². The average Bonchev–Trinajstić information content (AvgIpc) is 3.35. The highest BCUT2D eigenvalue weighted by molar-refractivity contribution is 6.67. The van der Waals surface area contributed by atoms with Crippen molar-refractivity contribution in [2.75, 3.05) is 18.0 Å². The van der Waals surface area contributed by atoms with Gasteiger partial charge in [-0.05, 0) is 88.6 Å². The molecule has 6 rings (SSSR count). The van der Waals surface area contributed by atoms with Crippen molar-refractivity contribution in [3.63, 3.8) is 0 Å². The molecule has 0 bridgehead atoms. The van der Waals surface area contributed by atoms with Gasteiger partial charge < -0.3 is 19.3 Å². The van der Waals surface area contributed by atoms with E-state index in [1.165, 1.54) is 29.3 Å². The molecule has 3 heterocycles. The summed E-state index contributed by atoms with van der Waals surface area (Å²) in [5.74, 6) is 2.87. The fourth-order valence-corrected chi connectivity index (χ4v) is 7.04. The van der Waals surface area contributed by atoms with Gasteiger partial charge in [0, 0.05) is 42.6 Å². The highest BCUT2D eigenvalue weighted by Gasteiger charge is 2.54. The minimum atomic E-state index is -0.526. The van der Waals surface area contributed by atoms with Gasteiger partial charge in [-0.2, -0.15) is 0 Å². The number of benzene rings is 2. The first-order valence-electron chi connectivity index (χ1n) is 14.8. The fraction of sp³-hybridized carbons (Fsp3) is 0.438. The molecule has 1 spiro atoms. The number of hydrogen-bond acceptors (Lipinski definition) is 7. The van der Waals surface area contributed by atoms with Crippen LogP contribution in [-0.2, 0) is 12.6 Å². The number of nitriles is 1. The van der Waals surface area contributed by atoms with Crippen LogP contribution in [0.1, 0.15) is 62.0 Å². The maximum absolute atomic E-state index is 14.3. The third-order valence-corrected chi connectivity index (χ3v) is 8.96. The van der Waals surface area contributed by atoms with Crippen LogP contribution in [0.3, 0.4) is 0 Å². The quantitative estimate of drug-likeness (QED) is 0.288. The van der Waals surface area contributed by atoms with Gasteiger partial charge in [-0.1, -0.05) is 23.7 Å². The molecular formula is C32H34BClFN5O3. The number of rotatable bonds is 8. The molecule has 1 saturated carbocycles. The maximum Gasteiger partial charge on any atom is 0.276 e. The smallest absolute Gasteiger partial charge is 0.276 e. The van der Waals surface area contributed by atoms with Crippen molar-refractivity contribution in [3.05, 3.63) is 70.1 Å². The van der Waals surface area contributed by atoms with Crippen LogP contribution < -0.4 is 14.4 Å². The molecule has 0 N–H and O–H groups in total. The van der Waals surface area contributed by atoms with Crippen molar-refractivity contribution in [2.45, 2.75) is 71.4 Å². The summed E-state index contributed by atoms with van der Waals surface area (Å²) in [6, 6.07) is 11.6. The molecule has 2 fully saturated rings. The van der Waals surface area contributed by atoms with Crippen LogP contribution in [0, 0.1) is 22.5 Å². The van der Waals surface area contributed by atoms with Gasteiger partial charge in [-0.3, -0.25) is 4.79 Å². The first-order chi connectivity index (χ1) is 20.6. The second-order valence-corrected chi connectivity index (χ2v) is 13.0. The second kappa shape index (κ2) is 11.3. The lowest BCUT2D eigenvalue weighted by molar-refractivity contribution is -0.0344. The van der Waals surface area contributed by atoms with Crippen LogP contribution in [0.2, 0.25) is 5.15 Å². The number of halogens is 2. The molecule has 1 amide bonds. The van der Waals surface area contributed by atoms with Crippen LogP contribution in [0.25, 0.3) is 0 Å². The predicted molar refractivity (Wildman–Crippen MR) is 163 cm³/mol. The molecular weight excluding hydrogens is 568 g/mol. The van der Waals surface area contributed by atoms with Gasteiger partial charge in [-0.15, -0.1) is 10.2 Å². The zero-order valence-electron chi connectivity index (χ0n) is 24.8. The number of nitrogens with zero attached hydrogens (tertiary/aromatic N) is 5. The zero-order valence-corrected chi connectivity index (χ0v) is 25.6. The van der Waals surface area contributed by atoms with Gasteiger partial charge in [0.1, 0.15) is 29.1 Å². The number of amides is 1. The van der Waals surface area contributed by atoms with Crippen molar-refractivity contribution in [3.8, 4) is 23.3 Å². The molecule has 0 atom stereocenters. The Balaban J connectivity index is 1.15. The summed E-state index contributed by atoms with van der Waals surface area (Å²) in [6.07, 6.45) is 3.52. The summed E-state index contributed by atoms with van der Waals surface area (Å²) in [7, 11) is 0. The summed E-state index contributed by atoms with van der Waals surface area (Å²) < 4.78 is 26.9. The zero-order chi connectivity index (χ0) is 30.5. The first-order valence-corrected chi connectivity index (χ1v) is 15.2. The SMILES string of the molecule is CC(C)N(C(=O)c1cc(F)ccc1Oc1nnc(Cl)cc1N1CC2(CC(Oc3cccc4c3CB(C#N)C4)C2)C1)C(C)C.